The van der Waals surface area contributed by atoms with Gasteiger partial charge in [-0.3, -0.25) is 9.59 Å². The number of allylic oxidation sites excluding steroid dienone is 1. The van der Waals surface area contributed by atoms with Crippen LogP contribution in [-0.4, -0.2) is 18.9 Å². The van der Waals surface area contributed by atoms with Crippen molar-refractivity contribution in [2.75, 3.05) is 7.11 Å². The van der Waals surface area contributed by atoms with Crippen LogP contribution in [-0.2, 0) is 14.3 Å². The lowest BCUT2D eigenvalue weighted by molar-refractivity contribution is -0.137. The highest BCUT2D eigenvalue weighted by Gasteiger charge is 1.75. The van der Waals surface area contributed by atoms with Gasteiger partial charge in [-0.1, -0.05) is 6.58 Å². The molecule has 0 amide bonds. The molecular formula is C7H12O3. The summed E-state index contributed by atoms with van der Waals surface area (Å²) < 4.78 is 4.11. The van der Waals surface area contributed by atoms with Crippen molar-refractivity contribution in [3.05, 3.63) is 12.7 Å². The molecule has 58 valence electrons. The van der Waals surface area contributed by atoms with Crippen molar-refractivity contribution >= 4 is 11.8 Å². The third-order valence-electron chi connectivity index (χ3n) is 0.575. The van der Waals surface area contributed by atoms with Crippen LogP contribution in [0.4, 0.5) is 0 Å². The van der Waals surface area contributed by atoms with Gasteiger partial charge >= 0.3 is 5.97 Å². The van der Waals surface area contributed by atoms with E-state index in [0.717, 1.165) is 0 Å². The average molecular weight is 144 g/mol. The second-order valence-corrected chi connectivity index (χ2v) is 1.51. The summed E-state index contributed by atoms with van der Waals surface area (Å²) in [5, 5.41) is 0. The van der Waals surface area contributed by atoms with Crippen molar-refractivity contribution in [3.8, 4) is 0 Å². The summed E-state index contributed by atoms with van der Waals surface area (Å²) in [5.74, 6) is -0.227. The number of ketones is 1. The van der Waals surface area contributed by atoms with Gasteiger partial charge in [-0.2, -0.15) is 0 Å². The Morgan fingerprint density at radius 1 is 1.40 bits per heavy atom. The van der Waals surface area contributed by atoms with Gasteiger partial charge < -0.3 is 4.74 Å². The Kier molecular flexibility index (Phi) is 9.18. The van der Waals surface area contributed by atoms with Crippen LogP contribution in [0, 0.1) is 0 Å². The SMILES string of the molecule is C=CC(C)=O.COC(C)=O. The van der Waals surface area contributed by atoms with Gasteiger partial charge in [-0.05, 0) is 13.0 Å². The van der Waals surface area contributed by atoms with Crippen LogP contribution in [0.5, 0.6) is 0 Å². The van der Waals surface area contributed by atoms with E-state index in [1.807, 2.05) is 0 Å². The summed E-state index contributed by atoms with van der Waals surface area (Å²) >= 11 is 0. The molecular weight excluding hydrogens is 132 g/mol. The maximum atomic E-state index is 9.69. The Hall–Kier alpha value is -1.12. The molecule has 0 heterocycles. The van der Waals surface area contributed by atoms with E-state index in [0.29, 0.717) is 0 Å². The molecule has 0 bridgehead atoms. The lowest BCUT2D eigenvalue weighted by Gasteiger charge is -1.80. The zero-order chi connectivity index (χ0) is 8.57. The van der Waals surface area contributed by atoms with Gasteiger partial charge in [0.05, 0.1) is 7.11 Å². The minimum absolute atomic E-state index is 0.0185. The van der Waals surface area contributed by atoms with E-state index < -0.39 is 0 Å². The lowest BCUT2D eigenvalue weighted by atomic mass is 10.5. The van der Waals surface area contributed by atoms with Crippen molar-refractivity contribution in [2.45, 2.75) is 13.8 Å². The van der Waals surface area contributed by atoms with Crippen LogP contribution in [0.2, 0.25) is 0 Å². The molecule has 0 aliphatic carbocycles. The van der Waals surface area contributed by atoms with Crippen LogP contribution in [0.1, 0.15) is 13.8 Å². The molecule has 0 saturated carbocycles. The van der Waals surface area contributed by atoms with Gasteiger partial charge in [-0.15, -0.1) is 0 Å². The molecule has 0 saturated heterocycles. The molecule has 0 atom stereocenters. The summed E-state index contributed by atoms with van der Waals surface area (Å²) in [7, 11) is 1.35. The Balaban J connectivity index is 0. The topological polar surface area (TPSA) is 43.4 Å². The zero-order valence-electron chi connectivity index (χ0n) is 6.51. The van der Waals surface area contributed by atoms with E-state index in [2.05, 4.69) is 11.3 Å². The summed E-state index contributed by atoms with van der Waals surface area (Å²) in [6, 6.07) is 0. The molecule has 0 radical (unpaired) electrons. The summed E-state index contributed by atoms with van der Waals surface area (Å²) in [5.41, 5.74) is 0. The molecule has 3 heteroatoms. The number of hydrogen-bond donors (Lipinski definition) is 0. The summed E-state index contributed by atoms with van der Waals surface area (Å²) in [4.78, 5) is 19.3. The second kappa shape index (κ2) is 7.88. The predicted octanol–water partition coefficient (Wildman–Crippen LogP) is 0.941. The van der Waals surface area contributed by atoms with Crippen LogP contribution >= 0.6 is 0 Å². The van der Waals surface area contributed by atoms with E-state index in [1.165, 1.54) is 27.0 Å². The molecule has 0 fully saturated rings. The fourth-order valence-electron chi connectivity index (χ4n) is 0. The van der Waals surface area contributed by atoms with Crippen molar-refractivity contribution in [3.63, 3.8) is 0 Å². The second-order valence-electron chi connectivity index (χ2n) is 1.51. The Morgan fingerprint density at radius 2 is 1.60 bits per heavy atom. The smallest absolute Gasteiger partial charge is 0.302 e. The van der Waals surface area contributed by atoms with Crippen LogP contribution < -0.4 is 0 Å². The molecule has 0 spiro atoms. The first-order valence-corrected chi connectivity index (χ1v) is 2.72. The number of methoxy groups -OCH3 is 1. The highest BCUT2D eigenvalue weighted by Crippen LogP contribution is 1.61. The summed E-state index contributed by atoms with van der Waals surface area (Å²) in [6.07, 6.45) is 1.28. The number of ether oxygens (including phenoxy) is 1. The lowest BCUT2D eigenvalue weighted by Crippen LogP contribution is -1.88. The minimum Gasteiger partial charge on any atom is -0.469 e. The number of hydrogen-bond acceptors (Lipinski definition) is 3. The first-order valence-electron chi connectivity index (χ1n) is 2.72. The van der Waals surface area contributed by atoms with Crippen molar-refractivity contribution in [1.82, 2.24) is 0 Å². The van der Waals surface area contributed by atoms with Gasteiger partial charge in [0.2, 0.25) is 0 Å². The number of rotatable bonds is 1. The monoisotopic (exact) mass is 144 g/mol. The molecule has 0 unspecified atom stereocenters. The van der Waals surface area contributed by atoms with E-state index in [9.17, 15) is 9.59 Å². The number of carbonyl (C=O) groups is 2. The minimum atomic E-state index is -0.245. The van der Waals surface area contributed by atoms with Gasteiger partial charge in [0.1, 0.15) is 0 Å². The summed E-state index contributed by atoms with van der Waals surface area (Å²) in [6.45, 7) is 6.04. The van der Waals surface area contributed by atoms with Gasteiger partial charge in [0.25, 0.3) is 0 Å². The Bertz CT molecular complexity index is 127. The largest absolute Gasteiger partial charge is 0.469 e. The quantitative estimate of drug-likeness (QED) is 0.406. The van der Waals surface area contributed by atoms with Crippen molar-refractivity contribution in [1.29, 1.82) is 0 Å². The van der Waals surface area contributed by atoms with Gasteiger partial charge in [0.15, 0.2) is 5.78 Å². The molecule has 3 nitrogen and oxygen atoms in total. The first kappa shape index (κ1) is 11.6. The van der Waals surface area contributed by atoms with Gasteiger partial charge in [-0.25, -0.2) is 0 Å². The molecule has 0 N–H and O–H groups in total. The molecule has 0 rings (SSSR count). The van der Waals surface area contributed by atoms with Crippen LogP contribution in [0.15, 0.2) is 12.7 Å². The fourth-order valence-corrected chi connectivity index (χ4v) is 0. The van der Waals surface area contributed by atoms with E-state index >= 15 is 0 Å². The molecule has 0 aromatic heterocycles. The maximum Gasteiger partial charge on any atom is 0.302 e. The van der Waals surface area contributed by atoms with Crippen LogP contribution in [0.25, 0.3) is 0 Å². The highest BCUT2D eigenvalue weighted by atomic mass is 16.5. The molecule has 0 aliphatic rings. The van der Waals surface area contributed by atoms with Crippen molar-refractivity contribution in [2.24, 2.45) is 0 Å². The highest BCUT2D eigenvalue weighted by molar-refractivity contribution is 5.86. The van der Waals surface area contributed by atoms with E-state index in [4.69, 9.17) is 0 Å². The molecule has 0 aromatic carbocycles. The van der Waals surface area contributed by atoms with Crippen LogP contribution in [0.3, 0.4) is 0 Å². The third-order valence-corrected chi connectivity index (χ3v) is 0.575. The molecule has 0 aliphatic heterocycles. The number of esters is 1. The third kappa shape index (κ3) is 28.7. The Labute approximate surface area is 60.7 Å². The average Bonchev–Trinajstić information content (AvgIpc) is 1.89. The maximum absolute atomic E-state index is 9.69. The normalized spacial score (nSPS) is 6.70. The Morgan fingerprint density at radius 3 is 1.60 bits per heavy atom. The molecule has 0 aromatic rings. The fraction of sp³-hybridized carbons (Fsp3) is 0.429. The predicted molar refractivity (Wildman–Crippen MR) is 38.6 cm³/mol. The number of carbonyl (C=O) groups excluding carboxylic acids is 2. The van der Waals surface area contributed by atoms with E-state index in [-0.39, 0.29) is 11.8 Å². The zero-order valence-corrected chi connectivity index (χ0v) is 6.51. The standard InChI is InChI=1S/C4H6O.C3H6O2/c1-3-4(2)5;1-3(4)5-2/h3H,1H2,2H3;1-2H3. The molecule has 10 heavy (non-hydrogen) atoms. The first-order chi connectivity index (χ1) is 4.54. The van der Waals surface area contributed by atoms with Gasteiger partial charge in [0, 0.05) is 6.92 Å². The van der Waals surface area contributed by atoms with Crippen molar-refractivity contribution < 1.29 is 14.3 Å². The van der Waals surface area contributed by atoms with E-state index in [1.54, 1.807) is 0 Å².